The molecule has 7 heteroatoms. The van der Waals surface area contributed by atoms with Crippen molar-refractivity contribution in [3.8, 4) is 0 Å². The zero-order valence-electron chi connectivity index (χ0n) is 10.6. The third kappa shape index (κ3) is 2.69. The predicted molar refractivity (Wildman–Crippen MR) is 69.3 cm³/mol. The number of aromatic nitrogens is 3. The Morgan fingerprint density at radius 1 is 1.22 bits per heavy atom. The molecule has 1 saturated carbocycles. The van der Waals surface area contributed by atoms with E-state index in [1.807, 2.05) is 13.8 Å². The van der Waals surface area contributed by atoms with Crippen molar-refractivity contribution in [3.05, 3.63) is 5.82 Å². The van der Waals surface area contributed by atoms with Gasteiger partial charge in [0.05, 0.1) is 0 Å². The molecule has 0 saturated heterocycles. The van der Waals surface area contributed by atoms with E-state index in [0.29, 0.717) is 5.92 Å². The first-order valence-corrected chi connectivity index (χ1v) is 8.61. The van der Waals surface area contributed by atoms with Gasteiger partial charge < -0.3 is 0 Å². The fourth-order valence-corrected chi connectivity index (χ4v) is 3.57. The lowest BCUT2D eigenvalue weighted by atomic mass is 9.88. The van der Waals surface area contributed by atoms with Crippen LogP contribution in [0.1, 0.15) is 63.7 Å². The number of nitrogens with zero attached hydrogens (tertiary/aromatic N) is 3. The monoisotopic (exact) mass is 291 g/mol. The van der Waals surface area contributed by atoms with Gasteiger partial charge in [0.15, 0.2) is 0 Å². The van der Waals surface area contributed by atoms with Crippen molar-refractivity contribution < 1.29 is 8.42 Å². The normalized spacial score (nSPS) is 18.4. The highest BCUT2D eigenvalue weighted by Gasteiger charge is 2.28. The van der Waals surface area contributed by atoms with Crippen LogP contribution in [0.3, 0.4) is 0 Å². The summed E-state index contributed by atoms with van der Waals surface area (Å²) in [5.74, 6) is 1.07. The predicted octanol–water partition coefficient (Wildman–Crippen LogP) is 2.83. The minimum absolute atomic E-state index is 0.0135. The molecule has 0 amide bonds. The molecule has 0 atom stereocenters. The largest absolute Gasteiger partial charge is 0.298 e. The fraction of sp³-hybridized carbons (Fsp3) is 0.818. The van der Waals surface area contributed by atoms with Crippen LogP contribution in [-0.4, -0.2) is 23.2 Å². The molecule has 0 N–H and O–H groups in total. The van der Waals surface area contributed by atoms with Gasteiger partial charge in [0.1, 0.15) is 5.82 Å². The summed E-state index contributed by atoms with van der Waals surface area (Å²) in [5, 5.41) is 7.73. The highest BCUT2D eigenvalue weighted by Crippen LogP contribution is 2.34. The molecule has 18 heavy (non-hydrogen) atoms. The Morgan fingerprint density at radius 2 is 1.83 bits per heavy atom. The van der Waals surface area contributed by atoms with Crippen LogP contribution in [0.4, 0.5) is 0 Å². The van der Waals surface area contributed by atoms with Gasteiger partial charge in [-0.05, 0) is 26.7 Å². The van der Waals surface area contributed by atoms with Crippen molar-refractivity contribution in [2.24, 2.45) is 0 Å². The van der Waals surface area contributed by atoms with E-state index in [-0.39, 0.29) is 11.2 Å². The maximum atomic E-state index is 11.5. The van der Waals surface area contributed by atoms with Crippen LogP contribution in [0.5, 0.6) is 0 Å². The number of hydrogen-bond donors (Lipinski definition) is 0. The highest BCUT2D eigenvalue weighted by molar-refractivity contribution is 8.13. The maximum absolute atomic E-state index is 11.5. The van der Waals surface area contributed by atoms with Crippen molar-refractivity contribution in [1.82, 2.24) is 14.8 Å². The van der Waals surface area contributed by atoms with Crippen LogP contribution >= 0.6 is 10.7 Å². The van der Waals surface area contributed by atoms with Gasteiger partial charge in [0, 0.05) is 22.6 Å². The number of halogens is 1. The van der Waals surface area contributed by atoms with Crippen LogP contribution in [0.2, 0.25) is 0 Å². The topological polar surface area (TPSA) is 64.8 Å². The average Bonchev–Trinajstić information content (AvgIpc) is 2.74. The molecule has 2 rings (SSSR count). The molecular formula is C11H18ClN3O2S. The molecule has 0 radical (unpaired) electrons. The summed E-state index contributed by atoms with van der Waals surface area (Å²) in [5.41, 5.74) is 0. The van der Waals surface area contributed by atoms with Crippen LogP contribution in [0.15, 0.2) is 5.16 Å². The molecule has 0 bridgehead atoms. The average molecular weight is 292 g/mol. The van der Waals surface area contributed by atoms with Gasteiger partial charge in [-0.25, -0.2) is 8.42 Å². The third-order valence-corrected chi connectivity index (χ3v) is 4.52. The van der Waals surface area contributed by atoms with E-state index in [9.17, 15) is 8.42 Å². The maximum Gasteiger partial charge on any atom is 0.296 e. The van der Waals surface area contributed by atoms with E-state index in [2.05, 4.69) is 10.2 Å². The van der Waals surface area contributed by atoms with Crippen LogP contribution < -0.4 is 0 Å². The lowest BCUT2D eigenvalue weighted by Gasteiger charge is -2.23. The molecule has 1 aliphatic carbocycles. The summed E-state index contributed by atoms with van der Waals surface area (Å²) < 4.78 is 24.7. The van der Waals surface area contributed by atoms with Gasteiger partial charge in [-0.3, -0.25) is 4.57 Å². The van der Waals surface area contributed by atoms with E-state index < -0.39 is 9.05 Å². The zero-order chi connectivity index (χ0) is 13.3. The second-order valence-corrected chi connectivity index (χ2v) is 7.54. The van der Waals surface area contributed by atoms with Gasteiger partial charge in [-0.15, -0.1) is 10.2 Å². The van der Waals surface area contributed by atoms with Gasteiger partial charge in [0.2, 0.25) is 0 Å². The first kappa shape index (κ1) is 13.8. The molecule has 0 unspecified atom stereocenters. The van der Waals surface area contributed by atoms with Crippen molar-refractivity contribution in [1.29, 1.82) is 0 Å². The molecule has 0 aromatic carbocycles. The molecule has 102 valence electrons. The van der Waals surface area contributed by atoms with Crippen molar-refractivity contribution in [2.45, 2.75) is 63.1 Å². The first-order chi connectivity index (χ1) is 8.41. The van der Waals surface area contributed by atoms with Gasteiger partial charge in [-0.2, -0.15) is 0 Å². The van der Waals surface area contributed by atoms with Gasteiger partial charge in [0.25, 0.3) is 14.2 Å². The molecule has 1 aromatic rings. The van der Waals surface area contributed by atoms with E-state index in [0.717, 1.165) is 18.7 Å². The highest BCUT2D eigenvalue weighted by atomic mass is 35.7. The quantitative estimate of drug-likeness (QED) is 0.803. The first-order valence-electron chi connectivity index (χ1n) is 6.30. The van der Waals surface area contributed by atoms with Crippen LogP contribution in [0, 0.1) is 0 Å². The summed E-state index contributed by atoms with van der Waals surface area (Å²) in [6.07, 6.45) is 5.67. The minimum atomic E-state index is -3.83. The summed E-state index contributed by atoms with van der Waals surface area (Å²) >= 11 is 0. The Bertz CT molecular complexity index is 518. The Hall–Kier alpha value is -0.620. The summed E-state index contributed by atoms with van der Waals surface area (Å²) in [6.45, 7) is 3.84. The molecule has 1 aliphatic rings. The Morgan fingerprint density at radius 3 is 2.33 bits per heavy atom. The van der Waals surface area contributed by atoms with E-state index >= 15 is 0 Å². The van der Waals surface area contributed by atoms with Crippen molar-refractivity contribution in [3.63, 3.8) is 0 Å². The lowest BCUT2D eigenvalue weighted by Crippen LogP contribution is -2.16. The van der Waals surface area contributed by atoms with Crippen LogP contribution in [-0.2, 0) is 9.05 Å². The van der Waals surface area contributed by atoms with Crippen molar-refractivity contribution >= 4 is 19.7 Å². The molecule has 0 aliphatic heterocycles. The molecule has 1 heterocycles. The van der Waals surface area contributed by atoms with Crippen molar-refractivity contribution in [2.75, 3.05) is 0 Å². The second kappa shape index (κ2) is 5.17. The molecule has 0 spiro atoms. The molecule has 1 aromatic heterocycles. The van der Waals surface area contributed by atoms with E-state index in [1.165, 1.54) is 19.3 Å². The molecular weight excluding hydrogens is 274 g/mol. The smallest absolute Gasteiger partial charge is 0.296 e. The minimum Gasteiger partial charge on any atom is -0.298 e. The third-order valence-electron chi connectivity index (χ3n) is 3.40. The summed E-state index contributed by atoms with van der Waals surface area (Å²) in [4.78, 5) is 0. The van der Waals surface area contributed by atoms with Gasteiger partial charge >= 0.3 is 0 Å². The number of rotatable bonds is 3. The standard InChI is InChI=1S/C11H18ClN3O2S/c1-8(2)15-10(9-6-4-3-5-7-9)13-14-11(15)18(12,16)17/h8-9H,3-7H2,1-2H3. The zero-order valence-corrected chi connectivity index (χ0v) is 12.2. The van der Waals surface area contributed by atoms with E-state index in [1.54, 1.807) is 4.57 Å². The SMILES string of the molecule is CC(C)n1c(C2CCCCC2)nnc1S(=O)(=O)Cl. The Labute approximate surface area is 112 Å². The van der Waals surface area contributed by atoms with E-state index in [4.69, 9.17) is 10.7 Å². The van der Waals surface area contributed by atoms with Gasteiger partial charge in [-0.1, -0.05) is 19.3 Å². The Kier molecular flexibility index (Phi) is 3.96. The fourth-order valence-electron chi connectivity index (χ4n) is 2.58. The Balaban J connectivity index is 2.45. The lowest BCUT2D eigenvalue weighted by molar-refractivity contribution is 0.398. The van der Waals surface area contributed by atoms with Crippen LogP contribution in [0.25, 0.3) is 0 Å². The summed E-state index contributed by atoms with van der Waals surface area (Å²) in [7, 11) is 1.57. The number of hydrogen-bond acceptors (Lipinski definition) is 4. The molecule has 5 nitrogen and oxygen atoms in total. The molecule has 1 fully saturated rings. The summed E-state index contributed by atoms with van der Waals surface area (Å²) in [6, 6.07) is -0.0135. The second-order valence-electron chi connectivity index (χ2n) is 5.08.